The van der Waals surface area contributed by atoms with Gasteiger partial charge < -0.3 is 4.74 Å². The summed E-state index contributed by atoms with van der Waals surface area (Å²) in [6.45, 7) is 6.07. The summed E-state index contributed by atoms with van der Waals surface area (Å²) in [7, 11) is 0. The summed E-state index contributed by atoms with van der Waals surface area (Å²) in [5, 5.41) is 2.10. The highest BCUT2D eigenvalue weighted by atomic mass is 32.1. The third kappa shape index (κ3) is 3.50. The molecular weight excluding hydrogens is 234 g/mol. The third-order valence-electron chi connectivity index (χ3n) is 3.29. The van der Waals surface area contributed by atoms with Gasteiger partial charge in [-0.15, -0.1) is 11.3 Å². The smallest absolute Gasteiger partial charge is 0.0872 e. The maximum Gasteiger partial charge on any atom is 0.0872 e. The molecule has 0 bridgehead atoms. The third-order valence-corrected chi connectivity index (χ3v) is 4.19. The molecule has 0 aliphatic carbocycles. The molecule has 1 saturated heterocycles. The standard InChI is InChI=1S/C12H21N3OS/c1-2-15-5-6-16-12(9-15)11(14-13)8-10-4-3-7-17-10/h3-4,7,11-12,14H,2,5-6,8-9,13H2,1H3. The summed E-state index contributed by atoms with van der Waals surface area (Å²) in [6, 6.07) is 4.42. The lowest BCUT2D eigenvalue weighted by Crippen LogP contribution is -2.54. The number of likely N-dealkylation sites (N-methyl/N-ethyl adjacent to an activating group) is 1. The van der Waals surface area contributed by atoms with Gasteiger partial charge in [-0.3, -0.25) is 16.2 Å². The van der Waals surface area contributed by atoms with E-state index in [1.54, 1.807) is 11.3 Å². The lowest BCUT2D eigenvalue weighted by molar-refractivity contribution is -0.0446. The summed E-state index contributed by atoms with van der Waals surface area (Å²) >= 11 is 1.77. The van der Waals surface area contributed by atoms with Crippen molar-refractivity contribution in [3.8, 4) is 0 Å². The van der Waals surface area contributed by atoms with Crippen LogP contribution in [0.15, 0.2) is 17.5 Å². The largest absolute Gasteiger partial charge is 0.374 e. The summed E-state index contributed by atoms with van der Waals surface area (Å²) < 4.78 is 5.83. The van der Waals surface area contributed by atoms with Crippen LogP contribution in [0.3, 0.4) is 0 Å². The highest BCUT2D eigenvalue weighted by molar-refractivity contribution is 7.09. The van der Waals surface area contributed by atoms with Crippen LogP contribution in [0.1, 0.15) is 11.8 Å². The fraction of sp³-hybridized carbons (Fsp3) is 0.667. The van der Waals surface area contributed by atoms with Gasteiger partial charge in [0.25, 0.3) is 0 Å². The molecule has 0 aromatic carbocycles. The van der Waals surface area contributed by atoms with Gasteiger partial charge in [-0.2, -0.15) is 0 Å². The summed E-state index contributed by atoms with van der Waals surface area (Å²) in [6.07, 6.45) is 1.13. The van der Waals surface area contributed by atoms with Crippen molar-refractivity contribution in [2.75, 3.05) is 26.2 Å². The van der Waals surface area contributed by atoms with Crippen molar-refractivity contribution in [2.24, 2.45) is 5.84 Å². The molecule has 1 aromatic heterocycles. The number of ether oxygens (including phenoxy) is 1. The molecule has 3 N–H and O–H groups in total. The molecule has 96 valence electrons. The van der Waals surface area contributed by atoms with Gasteiger partial charge in [0.05, 0.1) is 18.8 Å². The molecular formula is C12H21N3OS. The van der Waals surface area contributed by atoms with Crippen LogP contribution in [0, 0.1) is 0 Å². The zero-order valence-electron chi connectivity index (χ0n) is 10.3. The minimum absolute atomic E-state index is 0.191. The van der Waals surface area contributed by atoms with Crippen LogP contribution in [0.5, 0.6) is 0 Å². The molecule has 4 nitrogen and oxygen atoms in total. The molecule has 1 aliphatic rings. The predicted molar refractivity (Wildman–Crippen MR) is 71.0 cm³/mol. The van der Waals surface area contributed by atoms with Crippen LogP contribution >= 0.6 is 11.3 Å². The molecule has 0 amide bonds. The summed E-state index contributed by atoms with van der Waals surface area (Å²) in [5.41, 5.74) is 2.91. The molecule has 1 aromatic rings. The lowest BCUT2D eigenvalue weighted by atomic mass is 10.1. The van der Waals surface area contributed by atoms with Crippen molar-refractivity contribution >= 4 is 11.3 Å². The molecule has 2 heterocycles. The highest BCUT2D eigenvalue weighted by Crippen LogP contribution is 2.16. The van der Waals surface area contributed by atoms with Crippen LogP contribution in [0.25, 0.3) is 0 Å². The van der Waals surface area contributed by atoms with E-state index in [1.165, 1.54) is 4.88 Å². The van der Waals surface area contributed by atoms with Gasteiger partial charge in [0.1, 0.15) is 0 Å². The number of nitrogens with zero attached hydrogens (tertiary/aromatic N) is 1. The maximum absolute atomic E-state index is 5.83. The van der Waals surface area contributed by atoms with Gasteiger partial charge in [-0.05, 0) is 18.0 Å². The summed E-state index contributed by atoms with van der Waals surface area (Å²) in [5.74, 6) is 5.66. The molecule has 17 heavy (non-hydrogen) atoms. The number of hydrogen-bond donors (Lipinski definition) is 2. The van der Waals surface area contributed by atoms with Crippen molar-refractivity contribution in [1.82, 2.24) is 10.3 Å². The topological polar surface area (TPSA) is 50.5 Å². The molecule has 0 saturated carbocycles. The van der Waals surface area contributed by atoms with Gasteiger partial charge >= 0.3 is 0 Å². The first-order valence-electron chi connectivity index (χ1n) is 6.16. The molecule has 1 fully saturated rings. The molecule has 0 radical (unpaired) electrons. The van der Waals surface area contributed by atoms with E-state index in [0.717, 1.165) is 32.7 Å². The Balaban J connectivity index is 1.93. The Labute approximate surface area is 107 Å². The van der Waals surface area contributed by atoms with E-state index in [0.29, 0.717) is 0 Å². The van der Waals surface area contributed by atoms with Gasteiger partial charge in [0, 0.05) is 24.4 Å². The monoisotopic (exact) mass is 255 g/mol. The van der Waals surface area contributed by atoms with Crippen molar-refractivity contribution in [2.45, 2.75) is 25.5 Å². The van der Waals surface area contributed by atoms with Crippen LogP contribution in [-0.2, 0) is 11.2 Å². The van der Waals surface area contributed by atoms with Crippen LogP contribution < -0.4 is 11.3 Å². The quantitative estimate of drug-likeness (QED) is 0.605. The average molecular weight is 255 g/mol. The Bertz CT molecular complexity index is 318. The molecule has 2 atom stereocenters. The van der Waals surface area contributed by atoms with E-state index in [-0.39, 0.29) is 12.1 Å². The van der Waals surface area contributed by atoms with Gasteiger partial charge in [0.15, 0.2) is 0 Å². The number of rotatable bonds is 5. The van der Waals surface area contributed by atoms with E-state index in [2.05, 4.69) is 34.8 Å². The second-order valence-electron chi connectivity index (χ2n) is 4.36. The maximum atomic E-state index is 5.83. The van der Waals surface area contributed by atoms with E-state index < -0.39 is 0 Å². The first kappa shape index (κ1) is 13.0. The molecule has 0 spiro atoms. The molecule has 1 aliphatic heterocycles. The van der Waals surface area contributed by atoms with Gasteiger partial charge in [0.2, 0.25) is 0 Å². The number of hydrogen-bond acceptors (Lipinski definition) is 5. The number of hydrazine groups is 1. The Kier molecular flexibility index (Phi) is 4.94. The van der Waals surface area contributed by atoms with Crippen molar-refractivity contribution in [1.29, 1.82) is 0 Å². The van der Waals surface area contributed by atoms with E-state index >= 15 is 0 Å². The normalized spacial score (nSPS) is 23.8. The van der Waals surface area contributed by atoms with Crippen molar-refractivity contribution in [3.63, 3.8) is 0 Å². The zero-order valence-corrected chi connectivity index (χ0v) is 11.1. The molecule has 5 heteroatoms. The second kappa shape index (κ2) is 6.47. The van der Waals surface area contributed by atoms with Crippen molar-refractivity contribution in [3.05, 3.63) is 22.4 Å². The average Bonchev–Trinajstić information content (AvgIpc) is 2.89. The first-order valence-corrected chi connectivity index (χ1v) is 7.04. The Hall–Kier alpha value is -0.460. The number of nitrogens with two attached hydrogens (primary N) is 1. The fourth-order valence-electron chi connectivity index (χ4n) is 2.21. The predicted octanol–water partition coefficient (Wildman–Crippen LogP) is 0.843. The van der Waals surface area contributed by atoms with E-state index in [9.17, 15) is 0 Å². The summed E-state index contributed by atoms with van der Waals surface area (Å²) in [4.78, 5) is 3.76. The highest BCUT2D eigenvalue weighted by Gasteiger charge is 2.27. The Morgan fingerprint density at radius 3 is 3.24 bits per heavy atom. The van der Waals surface area contributed by atoms with Gasteiger partial charge in [-0.25, -0.2) is 0 Å². The Morgan fingerprint density at radius 2 is 2.59 bits per heavy atom. The van der Waals surface area contributed by atoms with E-state index in [1.807, 2.05) is 0 Å². The second-order valence-corrected chi connectivity index (χ2v) is 5.39. The molecule has 2 rings (SSSR count). The fourth-order valence-corrected chi connectivity index (χ4v) is 2.97. The lowest BCUT2D eigenvalue weighted by Gasteiger charge is -2.36. The minimum atomic E-state index is 0.191. The molecule has 2 unspecified atom stereocenters. The van der Waals surface area contributed by atoms with E-state index in [4.69, 9.17) is 10.6 Å². The van der Waals surface area contributed by atoms with Crippen LogP contribution in [-0.4, -0.2) is 43.3 Å². The van der Waals surface area contributed by atoms with Crippen LogP contribution in [0.2, 0.25) is 0 Å². The minimum Gasteiger partial charge on any atom is -0.374 e. The first-order chi connectivity index (χ1) is 8.33. The van der Waals surface area contributed by atoms with Crippen molar-refractivity contribution < 1.29 is 4.74 Å². The van der Waals surface area contributed by atoms with Crippen LogP contribution in [0.4, 0.5) is 0 Å². The van der Waals surface area contributed by atoms with Gasteiger partial charge in [-0.1, -0.05) is 13.0 Å². The number of morpholine rings is 1. The Morgan fingerprint density at radius 1 is 1.71 bits per heavy atom. The SMILES string of the molecule is CCN1CCOC(C(Cc2cccs2)NN)C1. The number of thiophene rings is 1. The number of nitrogens with one attached hydrogen (secondary N) is 1. The zero-order chi connectivity index (χ0) is 12.1.